The van der Waals surface area contributed by atoms with Crippen LogP contribution in [0.2, 0.25) is 0 Å². The molecule has 1 aliphatic carbocycles. The number of alkyl halides is 7. The second-order valence-electron chi connectivity index (χ2n) is 8.41. The largest absolute Gasteiger partial charge is 0.494 e. The molecule has 0 aliphatic heterocycles. The van der Waals surface area contributed by atoms with Gasteiger partial charge in [-0.05, 0) is 73.6 Å². The van der Waals surface area contributed by atoms with Crippen LogP contribution >= 0.6 is 0 Å². The molecule has 0 heterocycles. The third-order valence-electron chi connectivity index (χ3n) is 5.69. The summed E-state index contributed by atoms with van der Waals surface area (Å²) in [5, 5.41) is 0. The van der Waals surface area contributed by atoms with E-state index in [0.29, 0.717) is 25.0 Å². The zero-order valence-electron chi connectivity index (χ0n) is 18.9. The Kier molecular flexibility index (Phi) is 8.57. The van der Waals surface area contributed by atoms with Crippen LogP contribution in [0.1, 0.15) is 49.7 Å². The van der Waals surface area contributed by atoms with Crippen molar-refractivity contribution in [1.82, 2.24) is 0 Å². The molecule has 0 N–H and O–H groups in total. The van der Waals surface area contributed by atoms with Crippen LogP contribution in [-0.2, 0) is 0 Å². The quantitative estimate of drug-likeness (QED) is 0.286. The molecular weight excluding hydrogens is 477 g/mol. The average Bonchev–Trinajstić information content (AvgIpc) is 2.82. The number of rotatable bonds is 7. The predicted octanol–water partition coefficient (Wildman–Crippen LogP) is 7.62. The molecule has 1 aliphatic rings. The molecule has 2 aromatic carbocycles. The predicted molar refractivity (Wildman–Crippen MR) is 117 cm³/mol. The summed E-state index contributed by atoms with van der Waals surface area (Å²) in [6, 6.07) is 12.0. The zero-order chi connectivity index (χ0) is 25.6. The number of benzene rings is 2. The summed E-state index contributed by atoms with van der Waals surface area (Å²) in [4.78, 5) is 0. The van der Waals surface area contributed by atoms with Crippen LogP contribution in [0.15, 0.2) is 48.5 Å². The fraction of sp³-hybridized carbons (Fsp3) is 0.462. The zero-order valence-corrected chi connectivity index (χ0v) is 18.9. The van der Waals surface area contributed by atoms with Crippen molar-refractivity contribution in [3.8, 4) is 23.3 Å². The van der Waals surface area contributed by atoms with E-state index >= 15 is 0 Å². The number of hydrogen-bond acceptors (Lipinski definition) is 2. The van der Waals surface area contributed by atoms with Crippen LogP contribution in [0.25, 0.3) is 0 Å². The van der Waals surface area contributed by atoms with Crippen LogP contribution in [0.3, 0.4) is 0 Å². The molecule has 0 bridgehead atoms. The first-order chi connectivity index (χ1) is 16.5. The van der Waals surface area contributed by atoms with Gasteiger partial charge in [0.05, 0.1) is 12.5 Å². The Morgan fingerprint density at radius 3 is 2.14 bits per heavy atom. The fourth-order valence-corrected chi connectivity index (χ4v) is 3.82. The topological polar surface area (TPSA) is 18.5 Å². The van der Waals surface area contributed by atoms with Crippen LogP contribution in [0, 0.1) is 17.8 Å². The summed E-state index contributed by atoms with van der Waals surface area (Å²) >= 11 is 0. The van der Waals surface area contributed by atoms with Crippen LogP contribution in [0.5, 0.6) is 11.5 Å². The van der Waals surface area contributed by atoms with Crippen molar-refractivity contribution in [1.29, 1.82) is 0 Å². The molecule has 4 atom stereocenters. The van der Waals surface area contributed by atoms with Gasteiger partial charge in [-0.25, -0.2) is 8.78 Å². The minimum atomic E-state index is -5.76. The Morgan fingerprint density at radius 1 is 0.943 bits per heavy atom. The maximum absolute atomic E-state index is 14.8. The van der Waals surface area contributed by atoms with Gasteiger partial charge in [-0.1, -0.05) is 30.9 Å². The monoisotopic (exact) mass is 502 g/mol. The minimum Gasteiger partial charge on any atom is -0.494 e. The highest BCUT2D eigenvalue weighted by molar-refractivity contribution is 5.39. The van der Waals surface area contributed by atoms with Crippen molar-refractivity contribution in [2.24, 2.45) is 5.92 Å². The SMILES string of the molecule is CCCOc1ccc(C2CCC(C#Cc3ccc(OC(F)(F)C(F)C(F)(F)F)cc3)C(F)C2)cc1. The van der Waals surface area contributed by atoms with Crippen LogP contribution in [0.4, 0.5) is 30.7 Å². The minimum absolute atomic E-state index is 0.0670. The van der Waals surface area contributed by atoms with E-state index in [4.69, 9.17) is 4.74 Å². The van der Waals surface area contributed by atoms with Crippen molar-refractivity contribution in [2.45, 2.75) is 63.2 Å². The summed E-state index contributed by atoms with van der Waals surface area (Å²) in [5.74, 6) is 5.30. The molecule has 0 saturated heterocycles. The molecule has 0 amide bonds. The highest BCUT2D eigenvalue weighted by Gasteiger charge is 2.59. The maximum atomic E-state index is 14.8. The van der Waals surface area contributed by atoms with E-state index < -0.39 is 36.3 Å². The first-order valence-corrected chi connectivity index (χ1v) is 11.3. The van der Waals surface area contributed by atoms with Gasteiger partial charge in [0.2, 0.25) is 0 Å². The van der Waals surface area contributed by atoms with Gasteiger partial charge < -0.3 is 9.47 Å². The van der Waals surface area contributed by atoms with Gasteiger partial charge >= 0.3 is 12.3 Å². The lowest BCUT2D eigenvalue weighted by Gasteiger charge is -2.29. The second-order valence-corrected chi connectivity index (χ2v) is 8.41. The summed E-state index contributed by atoms with van der Waals surface area (Å²) < 4.78 is 101. The van der Waals surface area contributed by atoms with Crippen molar-refractivity contribution in [2.75, 3.05) is 6.61 Å². The van der Waals surface area contributed by atoms with Gasteiger partial charge in [0.1, 0.15) is 17.7 Å². The lowest BCUT2D eigenvalue weighted by Crippen LogP contribution is -2.45. The van der Waals surface area contributed by atoms with Crippen LogP contribution in [-0.4, -0.2) is 31.2 Å². The lowest BCUT2D eigenvalue weighted by molar-refractivity contribution is -0.304. The van der Waals surface area contributed by atoms with Crippen molar-refractivity contribution in [3.63, 3.8) is 0 Å². The molecule has 190 valence electrons. The maximum Gasteiger partial charge on any atom is 0.439 e. The first-order valence-electron chi connectivity index (χ1n) is 11.3. The standard InChI is InChI=1S/C26H25F7O2/c1-2-15-34-21-13-9-18(10-14-21)20-8-7-19(23(27)16-20)6-3-17-4-11-22(12-5-17)35-26(32,33)24(28)25(29,30)31/h4-5,9-14,19-20,23-24H,2,7-8,15-16H2,1H3. The van der Waals surface area contributed by atoms with Gasteiger partial charge in [0.15, 0.2) is 0 Å². The van der Waals surface area contributed by atoms with E-state index in [0.717, 1.165) is 36.3 Å². The molecule has 35 heavy (non-hydrogen) atoms. The van der Waals surface area contributed by atoms with Gasteiger partial charge in [0.25, 0.3) is 6.17 Å². The molecule has 2 nitrogen and oxygen atoms in total. The van der Waals surface area contributed by atoms with Gasteiger partial charge in [-0.3, -0.25) is 0 Å². The summed E-state index contributed by atoms with van der Waals surface area (Å²) in [6.45, 7) is 2.65. The van der Waals surface area contributed by atoms with E-state index in [9.17, 15) is 30.7 Å². The van der Waals surface area contributed by atoms with Crippen molar-refractivity contribution >= 4 is 0 Å². The molecule has 1 saturated carbocycles. The molecule has 0 spiro atoms. The van der Waals surface area contributed by atoms with Gasteiger partial charge in [-0.15, -0.1) is 0 Å². The van der Waals surface area contributed by atoms with Crippen molar-refractivity contribution in [3.05, 3.63) is 59.7 Å². The summed E-state index contributed by atoms with van der Waals surface area (Å²) in [5.41, 5.74) is 1.38. The molecule has 9 heteroatoms. The number of halogens is 7. The first kappa shape index (κ1) is 26.7. The highest BCUT2D eigenvalue weighted by Crippen LogP contribution is 2.38. The second kappa shape index (κ2) is 11.2. The third-order valence-corrected chi connectivity index (χ3v) is 5.69. The summed E-state index contributed by atoms with van der Waals surface area (Å²) in [7, 11) is 0. The lowest BCUT2D eigenvalue weighted by atomic mass is 9.77. The van der Waals surface area contributed by atoms with Crippen LogP contribution < -0.4 is 9.47 Å². The number of hydrogen-bond donors (Lipinski definition) is 0. The van der Waals surface area contributed by atoms with E-state index in [1.165, 1.54) is 12.1 Å². The molecule has 1 fully saturated rings. The molecular formula is C26H25F7O2. The average molecular weight is 502 g/mol. The van der Waals surface area contributed by atoms with E-state index in [1.807, 2.05) is 31.2 Å². The Bertz CT molecular complexity index is 1010. The Morgan fingerprint density at radius 2 is 1.57 bits per heavy atom. The Balaban J connectivity index is 1.56. The normalized spacial score (nSPS) is 21.5. The molecule has 4 unspecified atom stereocenters. The van der Waals surface area contributed by atoms with Crippen molar-refractivity contribution < 1.29 is 40.2 Å². The smallest absolute Gasteiger partial charge is 0.439 e. The Labute approximate surface area is 199 Å². The van der Waals surface area contributed by atoms with Gasteiger partial charge in [0, 0.05) is 5.56 Å². The van der Waals surface area contributed by atoms with E-state index in [1.54, 1.807) is 0 Å². The molecule has 2 aromatic rings. The number of ether oxygens (including phenoxy) is 2. The highest BCUT2D eigenvalue weighted by atomic mass is 19.4. The van der Waals surface area contributed by atoms with E-state index in [2.05, 4.69) is 16.6 Å². The fourth-order valence-electron chi connectivity index (χ4n) is 3.82. The summed E-state index contributed by atoms with van der Waals surface area (Å²) in [6.07, 6.45) is -13.9. The molecule has 0 radical (unpaired) electrons. The third kappa shape index (κ3) is 7.30. The molecule has 3 rings (SSSR count). The van der Waals surface area contributed by atoms with E-state index in [-0.39, 0.29) is 5.92 Å². The Hall–Kier alpha value is -2.89. The van der Waals surface area contributed by atoms with Gasteiger partial charge in [-0.2, -0.15) is 22.0 Å². The molecule has 0 aromatic heterocycles.